The van der Waals surface area contributed by atoms with Crippen molar-refractivity contribution in [3.63, 3.8) is 0 Å². The molecule has 0 saturated carbocycles. The maximum atomic E-state index is 12.5. The van der Waals surface area contributed by atoms with E-state index in [4.69, 9.17) is 0 Å². The molecule has 6 nitrogen and oxygen atoms in total. The fraction of sp³-hybridized carbons (Fsp3) is 0.545. The smallest absolute Gasteiger partial charge is 0.319 e. The molecule has 1 saturated heterocycles. The SMILES string of the molecule is CN(C)C(=O)N1CCN(S(=O)(=O)c2sccc2Br)CC1. The topological polar surface area (TPSA) is 60.9 Å². The molecule has 2 rings (SSSR count). The minimum atomic E-state index is -3.47. The monoisotopic (exact) mass is 381 g/mol. The summed E-state index contributed by atoms with van der Waals surface area (Å²) in [6, 6.07) is 1.64. The second-order valence-corrected chi connectivity index (χ2v) is 8.53. The summed E-state index contributed by atoms with van der Waals surface area (Å²) in [5.41, 5.74) is 0. The van der Waals surface area contributed by atoms with Gasteiger partial charge >= 0.3 is 6.03 Å². The molecule has 1 aromatic heterocycles. The van der Waals surface area contributed by atoms with Crippen LogP contribution < -0.4 is 0 Å². The van der Waals surface area contributed by atoms with Crippen LogP contribution in [0.15, 0.2) is 20.1 Å². The number of hydrogen-bond donors (Lipinski definition) is 0. The lowest BCUT2D eigenvalue weighted by Crippen LogP contribution is -2.52. The summed E-state index contributed by atoms with van der Waals surface area (Å²) in [6.45, 7) is 1.48. The van der Waals surface area contributed by atoms with Gasteiger partial charge in [0.25, 0.3) is 10.0 Å². The van der Waals surface area contributed by atoms with Crippen LogP contribution in [-0.4, -0.2) is 68.8 Å². The number of piperazine rings is 1. The lowest BCUT2D eigenvalue weighted by molar-refractivity contribution is 0.149. The molecule has 0 unspecified atom stereocenters. The first-order chi connectivity index (χ1) is 9.34. The average Bonchev–Trinajstić information content (AvgIpc) is 2.85. The lowest BCUT2D eigenvalue weighted by Gasteiger charge is -2.35. The maximum Gasteiger partial charge on any atom is 0.319 e. The van der Waals surface area contributed by atoms with E-state index in [-0.39, 0.29) is 6.03 Å². The van der Waals surface area contributed by atoms with Crippen molar-refractivity contribution in [1.82, 2.24) is 14.1 Å². The number of sulfonamides is 1. The Morgan fingerprint density at radius 1 is 1.30 bits per heavy atom. The minimum absolute atomic E-state index is 0.0839. The standard InChI is InChI=1S/C11H16BrN3O3S2/c1-13(2)11(16)14-4-6-15(7-5-14)20(17,18)10-9(12)3-8-19-10/h3,8H,4-7H2,1-2H3. The van der Waals surface area contributed by atoms with Gasteiger partial charge in [0, 0.05) is 44.7 Å². The van der Waals surface area contributed by atoms with Gasteiger partial charge in [-0.1, -0.05) is 0 Å². The van der Waals surface area contributed by atoms with Crippen molar-refractivity contribution >= 4 is 43.3 Å². The van der Waals surface area contributed by atoms with E-state index in [9.17, 15) is 13.2 Å². The van der Waals surface area contributed by atoms with E-state index in [0.29, 0.717) is 34.9 Å². The van der Waals surface area contributed by atoms with E-state index in [2.05, 4.69) is 15.9 Å². The van der Waals surface area contributed by atoms with Crippen LogP contribution in [0.5, 0.6) is 0 Å². The van der Waals surface area contributed by atoms with Crippen LogP contribution in [-0.2, 0) is 10.0 Å². The zero-order valence-corrected chi connectivity index (χ0v) is 14.5. The summed E-state index contributed by atoms with van der Waals surface area (Å²) >= 11 is 4.45. The molecule has 2 amide bonds. The van der Waals surface area contributed by atoms with Gasteiger partial charge < -0.3 is 9.80 Å². The Labute approximate surface area is 131 Å². The van der Waals surface area contributed by atoms with Gasteiger partial charge in [0.05, 0.1) is 0 Å². The van der Waals surface area contributed by atoms with Crippen molar-refractivity contribution in [2.24, 2.45) is 0 Å². The predicted octanol–water partition coefficient (Wildman–Crippen LogP) is 1.50. The summed E-state index contributed by atoms with van der Waals surface area (Å²) in [6.07, 6.45) is 0. The van der Waals surface area contributed by atoms with Gasteiger partial charge in [-0.3, -0.25) is 0 Å². The molecule has 2 heterocycles. The third-order valence-electron chi connectivity index (χ3n) is 3.05. The lowest BCUT2D eigenvalue weighted by atomic mass is 10.4. The molecule has 0 aromatic carbocycles. The summed E-state index contributed by atoms with van der Waals surface area (Å²) in [4.78, 5) is 15.0. The highest BCUT2D eigenvalue weighted by molar-refractivity contribution is 9.10. The zero-order valence-electron chi connectivity index (χ0n) is 11.2. The van der Waals surface area contributed by atoms with Gasteiger partial charge in [0.1, 0.15) is 4.21 Å². The molecule has 0 aliphatic carbocycles. The van der Waals surface area contributed by atoms with E-state index in [0.717, 1.165) is 0 Å². The maximum absolute atomic E-state index is 12.5. The van der Waals surface area contributed by atoms with Crippen LogP contribution in [0, 0.1) is 0 Å². The minimum Gasteiger partial charge on any atom is -0.331 e. The number of thiophene rings is 1. The molecule has 0 spiro atoms. The van der Waals surface area contributed by atoms with E-state index in [1.54, 1.807) is 30.4 Å². The van der Waals surface area contributed by atoms with E-state index in [1.165, 1.54) is 20.5 Å². The average molecular weight is 382 g/mol. The molecule has 0 radical (unpaired) electrons. The second-order valence-electron chi connectivity index (χ2n) is 4.62. The van der Waals surface area contributed by atoms with Gasteiger partial charge in [-0.15, -0.1) is 11.3 Å². The molecule has 0 N–H and O–H groups in total. The van der Waals surface area contributed by atoms with Gasteiger partial charge in [-0.25, -0.2) is 13.2 Å². The Balaban J connectivity index is 2.08. The molecule has 0 bridgehead atoms. The summed E-state index contributed by atoms with van der Waals surface area (Å²) in [7, 11) is -0.0879. The fourth-order valence-corrected chi connectivity index (χ4v) is 5.86. The van der Waals surface area contributed by atoms with Crippen molar-refractivity contribution in [1.29, 1.82) is 0 Å². The van der Waals surface area contributed by atoms with Crippen LogP contribution in [0.25, 0.3) is 0 Å². The molecule has 0 atom stereocenters. The highest BCUT2D eigenvalue weighted by atomic mass is 79.9. The van der Waals surface area contributed by atoms with E-state index < -0.39 is 10.0 Å². The van der Waals surface area contributed by atoms with Crippen LogP contribution in [0.4, 0.5) is 4.79 Å². The second kappa shape index (κ2) is 6.00. The number of rotatable bonds is 2. The van der Waals surface area contributed by atoms with Gasteiger partial charge in [0.2, 0.25) is 0 Å². The highest BCUT2D eigenvalue weighted by Gasteiger charge is 2.32. The molecule has 20 heavy (non-hydrogen) atoms. The number of halogens is 1. The van der Waals surface area contributed by atoms with Crippen molar-refractivity contribution in [2.45, 2.75) is 4.21 Å². The van der Waals surface area contributed by atoms with Crippen LogP contribution >= 0.6 is 27.3 Å². The van der Waals surface area contributed by atoms with Crippen molar-refractivity contribution in [3.05, 3.63) is 15.9 Å². The first-order valence-corrected chi connectivity index (χ1v) is 9.14. The highest BCUT2D eigenvalue weighted by Crippen LogP contribution is 2.30. The predicted molar refractivity (Wildman–Crippen MR) is 81.4 cm³/mol. The quantitative estimate of drug-likeness (QED) is 0.779. The van der Waals surface area contributed by atoms with E-state index in [1.807, 2.05) is 0 Å². The number of hydrogen-bond acceptors (Lipinski definition) is 4. The normalized spacial score (nSPS) is 17.2. The molecule has 1 fully saturated rings. The molecular formula is C11H16BrN3O3S2. The van der Waals surface area contributed by atoms with Crippen LogP contribution in [0.2, 0.25) is 0 Å². The number of carbonyl (C=O) groups is 1. The third-order valence-corrected chi connectivity index (χ3v) is 7.60. The van der Waals surface area contributed by atoms with Gasteiger partial charge in [-0.2, -0.15) is 4.31 Å². The zero-order chi connectivity index (χ0) is 14.9. The van der Waals surface area contributed by atoms with Crippen LogP contribution in [0.1, 0.15) is 0 Å². The van der Waals surface area contributed by atoms with Gasteiger partial charge in [-0.05, 0) is 27.4 Å². The Hall–Kier alpha value is -0.640. The van der Waals surface area contributed by atoms with Gasteiger partial charge in [0.15, 0.2) is 0 Å². The van der Waals surface area contributed by atoms with Crippen molar-refractivity contribution in [2.75, 3.05) is 40.3 Å². The Kier molecular flexibility index (Phi) is 4.73. The Morgan fingerprint density at radius 2 is 1.90 bits per heavy atom. The number of amides is 2. The molecule has 1 aliphatic heterocycles. The first-order valence-electron chi connectivity index (χ1n) is 6.03. The number of nitrogens with zero attached hydrogens (tertiary/aromatic N) is 3. The number of carbonyl (C=O) groups excluding carboxylic acids is 1. The van der Waals surface area contributed by atoms with Crippen molar-refractivity contribution in [3.8, 4) is 0 Å². The first kappa shape index (κ1) is 15.7. The largest absolute Gasteiger partial charge is 0.331 e. The molecule has 1 aromatic rings. The number of urea groups is 1. The van der Waals surface area contributed by atoms with Crippen LogP contribution in [0.3, 0.4) is 0 Å². The third kappa shape index (κ3) is 3.00. The molecule has 112 valence electrons. The van der Waals surface area contributed by atoms with Crippen molar-refractivity contribution < 1.29 is 13.2 Å². The van der Waals surface area contributed by atoms with E-state index >= 15 is 0 Å². The summed E-state index contributed by atoms with van der Waals surface area (Å²) in [5, 5.41) is 1.74. The molecular weight excluding hydrogens is 366 g/mol. The Morgan fingerprint density at radius 3 is 2.35 bits per heavy atom. The summed E-state index contributed by atoms with van der Waals surface area (Å²) in [5.74, 6) is 0. The Bertz CT molecular complexity index is 592. The fourth-order valence-electron chi connectivity index (χ4n) is 1.98. The summed E-state index contributed by atoms with van der Waals surface area (Å²) < 4.78 is 27.3. The molecule has 1 aliphatic rings. The molecule has 9 heteroatoms.